The van der Waals surface area contributed by atoms with Gasteiger partial charge in [0.15, 0.2) is 0 Å². The first kappa shape index (κ1) is 14.6. The van der Waals surface area contributed by atoms with Crippen molar-refractivity contribution >= 4 is 0 Å². The van der Waals surface area contributed by atoms with Crippen LogP contribution in [-0.4, -0.2) is 15.8 Å². The number of para-hydroxylation sites is 1. The molecule has 0 fully saturated rings. The smallest absolute Gasteiger partial charge is 0.127 e. The lowest BCUT2D eigenvalue weighted by atomic mass is 9.81. The minimum Gasteiger partial charge on any atom is -0.457 e. The van der Waals surface area contributed by atoms with E-state index in [9.17, 15) is 10.2 Å². The van der Waals surface area contributed by atoms with Gasteiger partial charge >= 0.3 is 0 Å². The molecule has 3 heteroatoms. The van der Waals surface area contributed by atoms with E-state index in [0.29, 0.717) is 11.3 Å². The highest BCUT2D eigenvalue weighted by Crippen LogP contribution is 2.33. The molecule has 2 N–H and O–H groups in total. The van der Waals surface area contributed by atoms with Gasteiger partial charge < -0.3 is 14.9 Å². The minimum atomic E-state index is -1.32. The summed E-state index contributed by atoms with van der Waals surface area (Å²) in [5.74, 6) is 1.45. The Morgan fingerprint density at radius 3 is 1.75 bits per heavy atom. The van der Waals surface area contributed by atoms with Crippen LogP contribution in [0.3, 0.4) is 0 Å². The molecule has 0 aliphatic carbocycles. The summed E-state index contributed by atoms with van der Waals surface area (Å²) in [4.78, 5) is 0. The Bertz CT molecular complexity index is 551. The van der Waals surface area contributed by atoms with Crippen LogP contribution in [0.25, 0.3) is 0 Å². The van der Waals surface area contributed by atoms with Gasteiger partial charge in [0, 0.05) is 0 Å². The van der Waals surface area contributed by atoms with Crippen LogP contribution in [0.1, 0.15) is 26.3 Å². The summed E-state index contributed by atoms with van der Waals surface area (Å²) in [5.41, 5.74) is -1.90. The van der Waals surface area contributed by atoms with Crippen molar-refractivity contribution < 1.29 is 14.9 Å². The molecular weight excluding hydrogens is 252 g/mol. The molecular formula is C17H20O3. The third-order valence-corrected chi connectivity index (χ3v) is 3.59. The monoisotopic (exact) mass is 272 g/mol. The molecule has 3 nitrogen and oxygen atoms in total. The van der Waals surface area contributed by atoms with Gasteiger partial charge in [-0.15, -0.1) is 0 Å². The van der Waals surface area contributed by atoms with E-state index in [-0.39, 0.29) is 0 Å². The maximum absolute atomic E-state index is 10.4. The molecule has 0 heterocycles. The highest BCUT2D eigenvalue weighted by Gasteiger charge is 2.39. The second-order valence-corrected chi connectivity index (χ2v) is 5.57. The second-order valence-electron chi connectivity index (χ2n) is 5.57. The average molecular weight is 272 g/mol. The molecule has 0 aliphatic heterocycles. The van der Waals surface area contributed by atoms with Gasteiger partial charge in [0.25, 0.3) is 0 Å². The topological polar surface area (TPSA) is 49.7 Å². The molecule has 0 bridgehead atoms. The maximum atomic E-state index is 10.4. The van der Waals surface area contributed by atoms with Gasteiger partial charge in [0.05, 0.1) is 5.60 Å². The molecule has 0 aromatic heterocycles. The maximum Gasteiger partial charge on any atom is 0.127 e. The Morgan fingerprint density at radius 2 is 1.25 bits per heavy atom. The van der Waals surface area contributed by atoms with Crippen LogP contribution >= 0.6 is 0 Å². The van der Waals surface area contributed by atoms with Crippen LogP contribution in [0.5, 0.6) is 11.5 Å². The first-order valence-corrected chi connectivity index (χ1v) is 6.59. The van der Waals surface area contributed by atoms with E-state index in [0.717, 1.165) is 5.75 Å². The zero-order valence-corrected chi connectivity index (χ0v) is 12.0. The van der Waals surface area contributed by atoms with E-state index in [1.54, 1.807) is 45.0 Å². The largest absolute Gasteiger partial charge is 0.457 e. The van der Waals surface area contributed by atoms with E-state index in [1.165, 1.54) is 0 Å². The first-order chi connectivity index (χ1) is 9.30. The van der Waals surface area contributed by atoms with Crippen LogP contribution in [-0.2, 0) is 5.60 Å². The Morgan fingerprint density at radius 1 is 0.750 bits per heavy atom. The molecule has 0 spiro atoms. The molecule has 0 radical (unpaired) electrons. The Balaban J connectivity index is 2.19. The molecule has 0 saturated carbocycles. The van der Waals surface area contributed by atoms with Crippen LogP contribution in [0.2, 0.25) is 0 Å². The number of rotatable bonds is 4. The Hall–Kier alpha value is -1.84. The van der Waals surface area contributed by atoms with Gasteiger partial charge in [-0.1, -0.05) is 30.3 Å². The van der Waals surface area contributed by atoms with Crippen molar-refractivity contribution in [3.63, 3.8) is 0 Å². The third-order valence-electron chi connectivity index (χ3n) is 3.59. The van der Waals surface area contributed by atoms with Crippen molar-refractivity contribution in [3.05, 3.63) is 60.2 Å². The summed E-state index contributed by atoms with van der Waals surface area (Å²) < 4.78 is 5.69. The predicted molar refractivity (Wildman–Crippen MR) is 78.8 cm³/mol. The van der Waals surface area contributed by atoms with Crippen LogP contribution in [0, 0.1) is 0 Å². The van der Waals surface area contributed by atoms with E-state index in [2.05, 4.69) is 0 Å². The second kappa shape index (κ2) is 5.27. The molecule has 106 valence electrons. The summed E-state index contributed by atoms with van der Waals surface area (Å²) in [5, 5.41) is 20.4. The molecule has 0 amide bonds. The van der Waals surface area contributed by atoms with Crippen LogP contribution in [0.15, 0.2) is 54.6 Å². The van der Waals surface area contributed by atoms with E-state index >= 15 is 0 Å². The SMILES string of the molecule is CC(C)(O)C(C)(O)c1ccc(Oc2ccccc2)cc1. The lowest BCUT2D eigenvalue weighted by Gasteiger charge is -2.36. The number of aliphatic hydroxyl groups is 2. The van der Waals surface area contributed by atoms with Crippen molar-refractivity contribution in [1.29, 1.82) is 0 Å². The first-order valence-electron chi connectivity index (χ1n) is 6.59. The standard InChI is InChI=1S/C17H20O3/c1-16(2,18)17(3,19)13-9-11-15(12-10-13)20-14-7-5-4-6-8-14/h4-12,18-19H,1-3H3. The molecule has 1 unspecified atom stereocenters. The molecule has 0 aliphatic rings. The summed E-state index contributed by atoms with van der Waals surface area (Å²) in [7, 11) is 0. The third kappa shape index (κ3) is 3.00. The van der Waals surface area contributed by atoms with Gasteiger partial charge in [-0.3, -0.25) is 0 Å². The normalized spacial score (nSPS) is 14.7. The molecule has 20 heavy (non-hydrogen) atoms. The molecule has 2 rings (SSSR count). The van der Waals surface area contributed by atoms with Crippen molar-refractivity contribution in [3.8, 4) is 11.5 Å². The van der Waals surface area contributed by atoms with Gasteiger partial charge in [-0.25, -0.2) is 0 Å². The van der Waals surface area contributed by atoms with Crippen molar-refractivity contribution in [2.45, 2.75) is 32.0 Å². The fraction of sp³-hybridized carbons (Fsp3) is 0.294. The van der Waals surface area contributed by atoms with Gasteiger partial charge in [-0.05, 0) is 50.6 Å². The number of ether oxygens (including phenoxy) is 1. The van der Waals surface area contributed by atoms with Crippen LogP contribution < -0.4 is 4.74 Å². The van der Waals surface area contributed by atoms with Gasteiger partial charge in [0.1, 0.15) is 17.1 Å². The van der Waals surface area contributed by atoms with E-state index in [4.69, 9.17) is 4.74 Å². The van der Waals surface area contributed by atoms with Gasteiger partial charge in [0.2, 0.25) is 0 Å². The summed E-state index contributed by atoms with van der Waals surface area (Å²) >= 11 is 0. The highest BCUT2D eigenvalue weighted by atomic mass is 16.5. The lowest BCUT2D eigenvalue weighted by Crippen LogP contribution is -2.44. The van der Waals surface area contributed by atoms with Crippen molar-refractivity contribution in [2.75, 3.05) is 0 Å². The summed E-state index contributed by atoms with van der Waals surface area (Å²) in [6.07, 6.45) is 0. The Labute approximate surface area is 119 Å². The predicted octanol–water partition coefficient (Wildman–Crippen LogP) is 3.46. The van der Waals surface area contributed by atoms with Crippen molar-refractivity contribution in [2.24, 2.45) is 0 Å². The van der Waals surface area contributed by atoms with Crippen molar-refractivity contribution in [1.82, 2.24) is 0 Å². The number of hydrogen-bond donors (Lipinski definition) is 2. The molecule has 2 aromatic rings. The molecule has 2 aromatic carbocycles. The zero-order valence-electron chi connectivity index (χ0n) is 12.0. The molecule has 1 atom stereocenters. The average Bonchev–Trinajstić information content (AvgIpc) is 2.39. The fourth-order valence-electron chi connectivity index (χ4n) is 1.83. The highest BCUT2D eigenvalue weighted by molar-refractivity contribution is 5.35. The summed E-state index contributed by atoms with van der Waals surface area (Å²) in [6, 6.07) is 16.6. The quantitative estimate of drug-likeness (QED) is 0.896. The van der Waals surface area contributed by atoms with E-state index in [1.807, 2.05) is 30.3 Å². The Kier molecular flexibility index (Phi) is 3.84. The number of benzene rings is 2. The summed E-state index contributed by atoms with van der Waals surface area (Å²) in [6.45, 7) is 4.77. The van der Waals surface area contributed by atoms with Crippen LogP contribution in [0.4, 0.5) is 0 Å². The van der Waals surface area contributed by atoms with E-state index < -0.39 is 11.2 Å². The number of hydrogen-bond acceptors (Lipinski definition) is 3. The minimum absolute atomic E-state index is 0.644. The van der Waals surface area contributed by atoms with Gasteiger partial charge in [-0.2, -0.15) is 0 Å². The zero-order chi connectivity index (χ0) is 14.8. The lowest BCUT2D eigenvalue weighted by molar-refractivity contribution is -0.125. The molecule has 0 saturated heterocycles. The fourth-order valence-corrected chi connectivity index (χ4v) is 1.83.